The summed E-state index contributed by atoms with van der Waals surface area (Å²) < 4.78 is 10.1. The highest BCUT2D eigenvalue weighted by Crippen LogP contribution is 2.12. The van der Waals surface area contributed by atoms with E-state index < -0.39 is 5.97 Å². The Bertz CT molecular complexity index is 440. The molecule has 0 unspecified atom stereocenters. The summed E-state index contributed by atoms with van der Waals surface area (Å²) in [5.74, 6) is -0.709. The number of benzene rings is 1. The van der Waals surface area contributed by atoms with Crippen molar-refractivity contribution in [2.45, 2.75) is 39.5 Å². The van der Waals surface area contributed by atoms with Crippen molar-refractivity contribution in [1.29, 1.82) is 0 Å². The van der Waals surface area contributed by atoms with Gasteiger partial charge >= 0.3 is 11.9 Å². The molecule has 0 N–H and O–H groups in total. The zero-order valence-corrected chi connectivity index (χ0v) is 12.2. The van der Waals surface area contributed by atoms with Crippen LogP contribution in [-0.4, -0.2) is 25.2 Å². The molecule has 110 valence electrons. The predicted octanol–water partition coefficient (Wildman–Crippen LogP) is 3.14. The third-order valence-corrected chi connectivity index (χ3v) is 2.86. The quantitative estimate of drug-likeness (QED) is 0.541. The van der Waals surface area contributed by atoms with Gasteiger partial charge < -0.3 is 9.47 Å². The molecule has 0 aliphatic rings. The summed E-state index contributed by atoms with van der Waals surface area (Å²) in [4.78, 5) is 23.5. The number of ether oxygens (including phenoxy) is 2. The zero-order chi connectivity index (χ0) is 14.8. The first-order chi connectivity index (χ1) is 9.69. The van der Waals surface area contributed by atoms with Crippen LogP contribution in [0.1, 0.15) is 49.0 Å². The summed E-state index contributed by atoms with van der Waals surface area (Å²) in [6.45, 7) is 4.60. The van der Waals surface area contributed by atoms with Crippen LogP contribution in [0.4, 0.5) is 0 Å². The number of hydrogen-bond donors (Lipinski definition) is 0. The molecule has 0 saturated heterocycles. The molecule has 0 heterocycles. The van der Waals surface area contributed by atoms with Gasteiger partial charge in [0.2, 0.25) is 0 Å². The van der Waals surface area contributed by atoms with Crippen molar-refractivity contribution >= 4 is 11.9 Å². The van der Waals surface area contributed by atoms with Crippen molar-refractivity contribution in [1.82, 2.24) is 0 Å². The molecule has 0 radical (unpaired) electrons. The van der Waals surface area contributed by atoms with Crippen LogP contribution in [0.2, 0.25) is 0 Å². The lowest BCUT2D eigenvalue weighted by Crippen LogP contribution is -2.13. The first-order valence-electron chi connectivity index (χ1n) is 7.09. The van der Waals surface area contributed by atoms with Crippen LogP contribution in [0.5, 0.6) is 0 Å². The van der Waals surface area contributed by atoms with Crippen molar-refractivity contribution in [3.8, 4) is 0 Å². The van der Waals surface area contributed by atoms with Crippen LogP contribution in [0.3, 0.4) is 0 Å². The van der Waals surface area contributed by atoms with Gasteiger partial charge in [0, 0.05) is 0 Å². The summed E-state index contributed by atoms with van der Waals surface area (Å²) in [7, 11) is 0. The fraction of sp³-hybridized carbons (Fsp3) is 0.500. The minimum absolute atomic E-state index is 0.0983. The van der Waals surface area contributed by atoms with E-state index in [1.54, 1.807) is 31.2 Å². The summed E-state index contributed by atoms with van der Waals surface area (Å²) in [6, 6.07) is 6.96. The molecule has 4 nitrogen and oxygen atoms in total. The average molecular weight is 278 g/mol. The van der Waals surface area contributed by atoms with E-state index in [1.165, 1.54) is 0 Å². The summed E-state index contributed by atoms with van der Waals surface area (Å²) in [5, 5.41) is 0. The third kappa shape index (κ3) is 5.43. The Labute approximate surface area is 120 Å². The molecule has 1 aromatic carbocycles. The molecule has 0 amide bonds. The number of carbonyl (C=O) groups is 2. The van der Waals surface area contributed by atoms with E-state index in [-0.39, 0.29) is 12.4 Å². The van der Waals surface area contributed by atoms with Gasteiger partial charge in [-0.3, -0.25) is 4.79 Å². The number of rotatable bonds is 8. The molecule has 0 saturated carbocycles. The highest BCUT2D eigenvalue weighted by atomic mass is 16.5. The zero-order valence-electron chi connectivity index (χ0n) is 12.2. The molecule has 4 heteroatoms. The summed E-state index contributed by atoms with van der Waals surface area (Å²) >= 11 is 0. The van der Waals surface area contributed by atoms with E-state index in [9.17, 15) is 9.59 Å². The van der Waals surface area contributed by atoms with Crippen LogP contribution in [-0.2, 0) is 20.7 Å². The fourth-order valence-corrected chi connectivity index (χ4v) is 1.83. The maximum atomic E-state index is 11.8. The number of unbranched alkanes of at least 4 members (excludes halogenated alkanes) is 2. The Balaban J connectivity index is 2.58. The normalized spacial score (nSPS) is 10.1. The Morgan fingerprint density at radius 1 is 1.05 bits per heavy atom. The second-order valence-electron chi connectivity index (χ2n) is 4.48. The smallest absolute Gasteiger partial charge is 0.338 e. The minimum atomic E-state index is -0.401. The lowest BCUT2D eigenvalue weighted by Gasteiger charge is -2.09. The number of esters is 2. The Kier molecular flexibility index (Phi) is 7.40. The molecular weight excluding hydrogens is 256 g/mol. The highest BCUT2D eigenvalue weighted by Gasteiger charge is 2.14. The van der Waals surface area contributed by atoms with E-state index in [1.807, 2.05) is 0 Å². The van der Waals surface area contributed by atoms with Gasteiger partial charge in [-0.15, -0.1) is 0 Å². The molecule has 0 spiro atoms. The molecule has 0 atom stereocenters. The van der Waals surface area contributed by atoms with Gasteiger partial charge in [-0.25, -0.2) is 4.79 Å². The Morgan fingerprint density at radius 2 is 1.80 bits per heavy atom. The minimum Gasteiger partial charge on any atom is -0.465 e. The lowest BCUT2D eigenvalue weighted by atomic mass is 10.0. The second kappa shape index (κ2) is 9.13. The standard InChI is InChI=1S/C16H22O4/c1-3-5-8-11-20-15(17)12-13-9-6-7-10-14(13)16(18)19-4-2/h6-7,9-10H,3-5,8,11-12H2,1-2H3. The Morgan fingerprint density at radius 3 is 2.50 bits per heavy atom. The van der Waals surface area contributed by atoms with Gasteiger partial charge in [0.05, 0.1) is 25.2 Å². The fourth-order valence-electron chi connectivity index (χ4n) is 1.83. The predicted molar refractivity (Wildman–Crippen MR) is 76.6 cm³/mol. The Hall–Kier alpha value is -1.84. The van der Waals surface area contributed by atoms with E-state index in [4.69, 9.17) is 9.47 Å². The lowest BCUT2D eigenvalue weighted by molar-refractivity contribution is -0.142. The van der Waals surface area contributed by atoms with Gasteiger partial charge in [0.25, 0.3) is 0 Å². The monoisotopic (exact) mass is 278 g/mol. The average Bonchev–Trinajstić information content (AvgIpc) is 2.44. The highest BCUT2D eigenvalue weighted by molar-refractivity contribution is 5.92. The van der Waals surface area contributed by atoms with Crippen LogP contribution < -0.4 is 0 Å². The molecule has 0 fully saturated rings. The van der Waals surface area contributed by atoms with Gasteiger partial charge in [-0.2, -0.15) is 0 Å². The third-order valence-electron chi connectivity index (χ3n) is 2.86. The van der Waals surface area contributed by atoms with Crippen molar-refractivity contribution in [3.63, 3.8) is 0 Å². The van der Waals surface area contributed by atoms with Crippen molar-refractivity contribution in [2.24, 2.45) is 0 Å². The van der Waals surface area contributed by atoms with Crippen molar-refractivity contribution in [3.05, 3.63) is 35.4 Å². The number of carbonyl (C=O) groups excluding carboxylic acids is 2. The van der Waals surface area contributed by atoms with Gasteiger partial charge in [0.15, 0.2) is 0 Å². The summed E-state index contributed by atoms with van der Waals surface area (Å²) in [6.07, 6.45) is 3.11. The SMILES string of the molecule is CCCCCOC(=O)Cc1ccccc1C(=O)OCC. The number of hydrogen-bond acceptors (Lipinski definition) is 4. The van der Waals surface area contributed by atoms with E-state index in [0.29, 0.717) is 24.3 Å². The largest absolute Gasteiger partial charge is 0.465 e. The maximum Gasteiger partial charge on any atom is 0.338 e. The molecule has 0 bridgehead atoms. The van der Waals surface area contributed by atoms with E-state index >= 15 is 0 Å². The van der Waals surface area contributed by atoms with Gasteiger partial charge in [-0.1, -0.05) is 38.0 Å². The van der Waals surface area contributed by atoms with Crippen molar-refractivity contribution in [2.75, 3.05) is 13.2 Å². The topological polar surface area (TPSA) is 52.6 Å². The van der Waals surface area contributed by atoms with Crippen LogP contribution in [0.15, 0.2) is 24.3 Å². The van der Waals surface area contributed by atoms with Crippen LogP contribution in [0.25, 0.3) is 0 Å². The first kappa shape index (κ1) is 16.2. The van der Waals surface area contributed by atoms with E-state index in [0.717, 1.165) is 19.3 Å². The van der Waals surface area contributed by atoms with Gasteiger partial charge in [-0.05, 0) is 25.0 Å². The molecule has 0 aliphatic heterocycles. The molecular formula is C16H22O4. The second-order valence-corrected chi connectivity index (χ2v) is 4.48. The molecule has 1 aromatic rings. The molecule has 20 heavy (non-hydrogen) atoms. The molecule has 1 rings (SSSR count). The van der Waals surface area contributed by atoms with Crippen LogP contribution in [0, 0.1) is 0 Å². The van der Waals surface area contributed by atoms with Crippen LogP contribution >= 0.6 is 0 Å². The van der Waals surface area contributed by atoms with Crippen molar-refractivity contribution < 1.29 is 19.1 Å². The molecule has 0 aromatic heterocycles. The summed E-state index contributed by atoms with van der Waals surface area (Å²) in [5.41, 5.74) is 1.08. The van der Waals surface area contributed by atoms with E-state index in [2.05, 4.69) is 6.92 Å². The molecule has 0 aliphatic carbocycles. The van der Waals surface area contributed by atoms with Gasteiger partial charge in [0.1, 0.15) is 0 Å². The maximum absolute atomic E-state index is 11.8. The first-order valence-corrected chi connectivity index (χ1v) is 7.09.